The highest BCUT2D eigenvalue weighted by Gasteiger charge is 2.47. The van der Waals surface area contributed by atoms with Crippen molar-refractivity contribution in [2.24, 2.45) is 0 Å². The lowest BCUT2D eigenvalue weighted by atomic mass is 10.1. The van der Waals surface area contributed by atoms with E-state index < -0.39 is 16.1 Å². The molecule has 0 N–H and O–H groups in total. The van der Waals surface area contributed by atoms with Crippen LogP contribution in [0.15, 0.2) is 435 Å². The third-order valence-corrected chi connectivity index (χ3v) is 34.3. The van der Waals surface area contributed by atoms with Gasteiger partial charge < -0.3 is 18.1 Å². The fourth-order valence-corrected chi connectivity index (χ4v) is 29.7. The summed E-state index contributed by atoms with van der Waals surface area (Å²) in [6.45, 7) is 0. The molecule has 0 amide bonds. The van der Waals surface area contributed by atoms with E-state index >= 15 is 0 Å². The van der Waals surface area contributed by atoms with E-state index in [0.717, 1.165) is 77.7 Å². The molecule has 7 heterocycles. The second-order valence-electron chi connectivity index (χ2n) is 29.7. The van der Waals surface area contributed by atoms with Crippen molar-refractivity contribution < 1.29 is 4.42 Å². The average Bonchev–Trinajstić information content (AvgIpc) is 1.34. The SMILES string of the molecule is c1ccc(-n2c3ccccc3c3cc(-c4cccc([Si](c5ccccc5)(c5ccccc5)c5cccc6c5sc5ccccc56)n4)ccc32)cc1.c1ccc(-n2c3ccccc3c3cc(-n4c5ccccc5c5cc(-c6cccc([Si](c7ccccc7)(c7ccccc7)c7cccc8c7oc7ccccc78)n6)ccc54)ccc32)cc1. The molecule has 0 atom stereocenters. The molecule has 0 bridgehead atoms. The highest BCUT2D eigenvalue weighted by Crippen LogP contribution is 2.41. The molecule has 6 nitrogen and oxygen atoms in total. The summed E-state index contributed by atoms with van der Waals surface area (Å²) in [6, 6.07) is 156. The Labute approximate surface area is 670 Å². The Morgan fingerprint density at radius 3 is 1.09 bits per heavy atom. The van der Waals surface area contributed by atoms with E-state index in [9.17, 15) is 0 Å². The Hall–Kier alpha value is -14.3. The van der Waals surface area contributed by atoms with Crippen molar-refractivity contribution in [3.63, 3.8) is 0 Å². The van der Waals surface area contributed by atoms with Gasteiger partial charge >= 0.3 is 0 Å². The van der Waals surface area contributed by atoms with Crippen LogP contribution in [0.2, 0.25) is 0 Å². The zero-order valence-electron chi connectivity index (χ0n) is 62.5. The number of aromatic nitrogens is 5. The van der Waals surface area contributed by atoms with Crippen LogP contribution in [0.3, 0.4) is 0 Å². The van der Waals surface area contributed by atoms with Gasteiger partial charge in [-0.2, -0.15) is 0 Å². The van der Waals surface area contributed by atoms with Crippen LogP contribution >= 0.6 is 11.3 Å². The van der Waals surface area contributed by atoms with E-state index in [1.54, 1.807) is 0 Å². The standard InChI is InChI=1S/C59H39N3OSi.C47H32N2SSi/c1-4-18-41(19-5-1)61-52-29-13-11-25-46(52)50-39-42(35-37-55(50)61)62-53-30-14-10-24-45(53)49-38-40(34-36-54(49)62)51-28-17-33-58(60-51)64(43-20-6-2-7-21-43,44-22-8-3-9-23-44)57-32-16-27-48-47-26-12-15-31-56(47)63-59(48)57;1-4-16-34(17-5-1)49-42-26-12-10-22-37(42)40-32-33(30-31-43(40)49)41-25-15-29-46(48-41)51(35-18-6-2-7-19-35,36-20-8-3-9-21-36)45-28-14-24-39-38-23-11-13-27-44(38)50-47(39)45/h1-39H;1-32H. The first-order chi connectivity index (χ1) is 57.1. The maximum atomic E-state index is 6.87. The number of nitrogens with zero attached hydrogens (tertiary/aromatic N) is 5. The zero-order valence-corrected chi connectivity index (χ0v) is 65.4. The Kier molecular flexibility index (Phi) is 16.4. The van der Waals surface area contributed by atoms with Crippen LogP contribution in [-0.2, 0) is 0 Å². The molecule has 0 unspecified atom stereocenters. The molecule has 0 aliphatic rings. The van der Waals surface area contributed by atoms with Crippen molar-refractivity contribution in [3.8, 4) is 39.6 Å². The minimum Gasteiger partial charge on any atom is -0.456 e. The highest BCUT2D eigenvalue weighted by atomic mass is 32.1. The molecule has 9 heteroatoms. The van der Waals surface area contributed by atoms with E-state index in [4.69, 9.17) is 14.4 Å². The van der Waals surface area contributed by atoms with Gasteiger partial charge in [0, 0.05) is 102 Å². The number of para-hydroxylation sites is 7. The number of hydrogen-bond acceptors (Lipinski definition) is 4. The molecule has 0 saturated carbocycles. The van der Waals surface area contributed by atoms with E-state index in [1.807, 2.05) is 17.4 Å². The molecule has 23 rings (SSSR count). The number of benzene rings is 16. The summed E-state index contributed by atoms with van der Waals surface area (Å²) in [4.78, 5) is 11.5. The van der Waals surface area contributed by atoms with Gasteiger partial charge in [0.1, 0.15) is 11.2 Å². The van der Waals surface area contributed by atoms with Gasteiger partial charge in [0.15, 0.2) is 0 Å². The summed E-state index contributed by atoms with van der Waals surface area (Å²) in [6.07, 6.45) is 0. The molecular weight excluding hydrogens is 1450 g/mol. The second-order valence-corrected chi connectivity index (χ2v) is 38.2. The monoisotopic (exact) mass is 1520 g/mol. The van der Waals surface area contributed by atoms with Crippen LogP contribution in [-0.4, -0.2) is 39.8 Å². The topological polar surface area (TPSA) is 53.7 Å². The van der Waals surface area contributed by atoms with Crippen molar-refractivity contribution in [3.05, 3.63) is 431 Å². The normalized spacial score (nSPS) is 12.0. The van der Waals surface area contributed by atoms with Crippen LogP contribution < -0.4 is 41.8 Å². The van der Waals surface area contributed by atoms with Crippen LogP contribution in [0.25, 0.3) is 147 Å². The lowest BCUT2D eigenvalue weighted by Crippen LogP contribution is -2.75. The first kappa shape index (κ1) is 67.6. The van der Waals surface area contributed by atoms with E-state index in [-0.39, 0.29) is 0 Å². The minimum atomic E-state index is -3.10. The third-order valence-electron chi connectivity index (χ3n) is 23.6. The van der Waals surface area contributed by atoms with Crippen molar-refractivity contribution in [1.29, 1.82) is 0 Å². The summed E-state index contributed by atoms with van der Waals surface area (Å²) in [5.74, 6) is 0. The van der Waals surface area contributed by atoms with Gasteiger partial charge in [0.25, 0.3) is 0 Å². The second kappa shape index (κ2) is 27.8. The lowest BCUT2D eigenvalue weighted by Gasteiger charge is -2.34. The van der Waals surface area contributed by atoms with Gasteiger partial charge in [-0.15, -0.1) is 11.3 Å². The number of thiophene rings is 1. The molecule has 16 aromatic carbocycles. The minimum absolute atomic E-state index is 0.891. The van der Waals surface area contributed by atoms with Gasteiger partial charge in [-0.3, -0.25) is 9.97 Å². The average molecular weight is 1520 g/mol. The van der Waals surface area contributed by atoms with Gasteiger partial charge in [-0.05, 0) is 152 Å². The maximum absolute atomic E-state index is 6.87. The molecule has 0 aliphatic heterocycles. The number of hydrogen-bond donors (Lipinski definition) is 0. The highest BCUT2D eigenvalue weighted by molar-refractivity contribution is 7.30. The van der Waals surface area contributed by atoms with E-state index in [2.05, 4.69) is 438 Å². The van der Waals surface area contributed by atoms with Gasteiger partial charge in [-0.1, -0.05) is 309 Å². The van der Waals surface area contributed by atoms with Crippen LogP contribution in [0, 0.1) is 0 Å². The summed E-state index contributed by atoms with van der Waals surface area (Å²) in [5, 5.41) is 22.1. The molecular formula is C106H71N5OSSi2. The predicted molar refractivity (Wildman–Crippen MR) is 490 cm³/mol. The van der Waals surface area contributed by atoms with Crippen molar-refractivity contribution in [2.45, 2.75) is 0 Å². The Balaban J connectivity index is 0.000000144. The number of pyridine rings is 2. The summed E-state index contributed by atoms with van der Waals surface area (Å²) >= 11 is 1.91. The van der Waals surface area contributed by atoms with E-state index in [0.29, 0.717) is 0 Å². The van der Waals surface area contributed by atoms with E-state index in [1.165, 1.54) is 111 Å². The molecule has 0 spiro atoms. The fourth-order valence-electron chi connectivity index (χ4n) is 18.6. The molecule has 0 aliphatic carbocycles. The first-order valence-corrected chi connectivity index (χ1v) is 44.1. The quantitative estimate of drug-likeness (QED) is 0.0854. The van der Waals surface area contributed by atoms with Gasteiger partial charge in [0.2, 0.25) is 16.1 Å². The van der Waals surface area contributed by atoms with Crippen LogP contribution in [0.1, 0.15) is 0 Å². The fraction of sp³-hybridized carbons (Fsp3) is 0. The van der Waals surface area contributed by atoms with Crippen LogP contribution in [0.5, 0.6) is 0 Å². The molecule has 540 valence electrons. The molecule has 115 heavy (non-hydrogen) atoms. The summed E-state index contributed by atoms with van der Waals surface area (Å²) in [5.41, 5.74) is 16.5. The van der Waals surface area contributed by atoms with Crippen molar-refractivity contribution in [2.75, 3.05) is 0 Å². The van der Waals surface area contributed by atoms with Gasteiger partial charge in [0.05, 0.1) is 44.5 Å². The third kappa shape index (κ3) is 10.9. The van der Waals surface area contributed by atoms with Crippen molar-refractivity contribution in [1.82, 2.24) is 23.7 Å². The molecule has 0 saturated heterocycles. The molecule has 0 fully saturated rings. The molecule has 0 radical (unpaired) electrons. The Bertz CT molecular complexity index is 7590. The zero-order chi connectivity index (χ0) is 76.0. The maximum Gasteiger partial charge on any atom is 0.205 e. The Morgan fingerprint density at radius 2 is 0.591 bits per heavy atom. The molecule has 23 aromatic rings. The van der Waals surface area contributed by atoms with Gasteiger partial charge in [-0.25, -0.2) is 0 Å². The number of rotatable bonds is 13. The van der Waals surface area contributed by atoms with Crippen LogP contribution in [0.4, 0.5) is 0 Å². The lowest BCUT2D eigenvalue weighted by molar-refractivity contribution is 0.671. The first-order valence-electron chi connectivity index (χ1n) is 39.3. The Morgan fingerprint density at radius 1 is 0.235 bits per heavy atom. The van der Waals surface area contributed by atoms with Crippen molar-refractivity contribution >= 4 is 177 Å². The summed E-state index contributed by atoms with van der Waals surface area (Å²) in [7, 11) is -6.04. The predicted octanol–water partition coefficient (Wildman–Crippen LogP) is 21.8. The number of fused-ring (bicyclic) bond motifs is 15. The molecule has 7 aromatic heterocycles. The largest absolute Gasteiger partial charge is 0.456 e. The smallest absolute Gasteiger partial charge is 0.205 e. The summed E-state index contributed by atoms with van der Waals surface area (Å²) < 4.78 is 16.7. The number of furan rings is 1.